The lowest BCUT2D eigenvalue weighted by atomic mass is 9.86. The van der Waals surface area contributed by atoms with Crippen molar-refractivity contribution >= 4 is 8.32 Å². The average molecular weight is 268 g/mol. The van der Waals surface area contributed by atoms with E-state index < -0.39 is 8.32 Å². The molecule has 0 bridgehead atoms. The molecular weight excluding hydrogens is 240 g/mol. The van der Waals surface area contributed by atoms with Gasteiger partial charge in [-0.15, -0.1) is 0 Å². The van der Waals surface area contributed by atoms with E-state index >= 15 is 0 Å². The Kier molecular flexibility index (Phi) is 4.63. The fraction of sp³-hybridized carbons (Fsp3) is 0.733. The normalized spacial score (nSPS) is 29.9. The van der Waals surface area contributed by atoms with Gasteiger partial charge in [0.05, 0.1) is 12.2 Å². The van der Waals surface area contributed by atoms with E-state index in [2.05, 4.69) is 53.4 Å². The molecule has 0 aromatic carbocycles. The standard InChI is InChI=1S/C15H28O2Si/c1-8-12-10-13(9-11(2)14(12)16)17-18(6,7)15(3,4)5/h8,10-11,13-14,16H,1,9H2,2-7H3/t11-,13+,14+/m1/s1. The summed E-state index contributed by atoms with van der Waals surface area (Å²) in [6.45, 7) is 17.1. The first kappa shape index (κ1) is 15.7. The predicted octanol–water partition coefficient (Wildman–Crippen LogP) is 3.89. The Morgan fingerprint density at radius 1 is 1.44 bits per heavy atom. The maximum Gasteiger partial charge on any atom is 0.192 e. The lowest BCUT2D eigenvalue weighted by Gasteiger charge is -2.41. The molecule has 1 rings (SSSR count). The van der Waals surface area contributed by atoms with Gasteiger partial charge in [-0.1, -0.05) is 46.4 Å². The van der Waals surface area contributed by atoms with Crippen molar-refractivity contribution in [3.05, 3.63) is 24.3 Å². The Balaban J connectivity index is 2.86. The molecule has 2 nitrogen and oxygen atoms in total. The van der Waals surface area contributed by atoms with E-state index in [1.54, 1.807) is 6.08 Å². The molecule has 1 aliphatic rings. The lowest BCUT2D eigenvalue weighted by Crippen LogP contribution is -2.45. The summed E-state index contributed by atoms with van der Waals surface area (Å²) in [5, 5.41) is 10.2. The van der Waals surface area contributed by atoms with Gasteiger partial charge in [0.15, 0.2) is 8.32 Å². The van der Waals surface area contributed by atoms with Gasteiger partial charge in [0.25, 0.3) is 0 Å². The molecule has 104 valence electrons. The molecule has 0 unspecified atom stereocenters. The van der Waals surface area contributed by atoms with E-state index in [9.17, 15) is 5.11 Å². The maximum absolute atomic E-state index is 10.0. The first-order valence-corrected chi connectivity index (χ1v) is 9.69. The van der Waals surface area contributed by atoms with Crippen molar-refractivity contribution in [2.75, 3.05) is 0 Å². The van der Waals surface area contributed by atoms with E-state index in [4.69, 9.17) is 4.43 Å². The third kappa shape index (κ3) is 3.34. The van der Waals surface area contributed by atoms with Crippen LogP contribution in [0.3, 0.4) is 0 Å². The molecular formula is C15H28O2Si. The van der Waals surface area contributed by atoms with E-state index in [0.717, 1.165) is 12.0 Å². The fourth-order valence-corrected chi connectivity index (χ4v) is 3.31. The van der Waals surface area contributed by atoms with Gasteiger partial charge >= 0.3 is 0 Å². The highest BCUT2D eigenvalue weighted by molar-refractivity contribution is 6.74. The van der Waals surface area contributed by atoms with Crippen LogP contribution in [0.4, 0.5) is 0 Å². The van der Waals surface area contributed by atoms with Crippen LogP contribution in [0.2, 0.25) is 18.1 Å². The summed E-state index contributed by atoms with van der Waals surface area (Å²) >= 11 is 0. The zero-order valence-corrected chi connectivity index (χ0v) is 13.7. The van der Waals surface area contributed by atoms with Gasteiger partial charge < -0.3 is 9.53 Å². The molecule has 0 aromatic heterocycles. The van der Waals surface area contributed by atoms with Crippen LogP contribution in [0.5, 0.6) is 0 Å². The molecule has 0 spiro atoms. The van der Waals surface area contributed by atoms with Crippen molar-refractivity contribution in [1.82, 2.24) is 0 Å². The van der Waals surface area contributed by atoms with Gasteiger partial charge in [0.2, 0.25) is 0 Å². The summed E-state index contributed by atoms with van der Waals surface area (Å²) in [5.74, 6) is 0.234. The van der Waals surface area contributed by atoms with Crippen LogP contribution in [0.25, 0.3) is 0 Å². The van der Waals surface area contributed by atoms with E-state index in [1.165, 1.54) is 0 Å². The van der Waals surface area contributed by atoms with Crippen LogP contribution in [0.15, 0.2) is 24.3 Å². The quantitative estimate of drug-likeness (QED) is 0.787. The van der Waals surface area contributed by atoms with Crippen molar-refractivity contribution in [3.63, 3.8) is 0 Å². The first-order valence-electron chi connectivity index (χ1n) is 6.78. The van der Waals surface area contributed by atoms with Crippen LogP contribution >= 0.6 is 0 Å². The minimum Gasteiger partial charge on any atom is -0.411 e. The van der Waals surface area contributed by atoms with Gasteiger partial charge in [-0.2, -0.15) is 0 Å². The second kappa shape index (κ2) is 5.31. The SMILES string of the molecule is C=CC1=C[C@@H](O[Si](C)(C)C(C)(C)C)C[C@@H](C)[C@@H]1O. The highest BCUT2D eigenvalue weighted by atomic mass is 28.4. The summed E-state index contributed by atoms with van der Waals surface area (Å²) in [5.41, 5.74) is 0.914. The summed E-state index contributed by atoms with van der Waals surface area (Å²) in [6, 6.07) is 0. The molecule has 0 aromatic rings. The molecule has 0 aliphatic heterocycles. The van der Waals surface area contributed by atoms with Crippen molar-refractivity contribution in [2.24, 2.45) is 5.92 Å². The Labute approximate surface area is 113 Å². The first-order chi connectivity index (χ1) is 8.08. The Morgan fingerprint density at radius 3 is 2.44 bits per heavy atom. The maximum atomic E-state index is 10.0. The molecule has 0 amide bonds. The molecule has 0 saturated carbocycles. The van der Waals surface area contributed by atoms with Crippen molar-refractivity contribution in [2.45, 2.75) is 64.5 Å². The lowest BCUT2D eigenvalue weighted by molar-refractivity contribution is 0.0969. The predicted molar refractivity (Wildman–Crippen MR) is 80.1 cm³/mol. The largest absolute Gasteiger partial charge is 0.411 e. The highest BCUT2D eigenvalue weighted by Crippen LogP contribution is 2.39. The zero-order chi connectivity index (χ0) is 14.1. The molecule has 0 heterocycles. The van der Waals surface area contributed by atoms with Crippen molar-refractivity contribution in [3.8, 4) is 0 Å². The van der Waals surface area contributed by atoms with Crippen LogP contribution in [0.1, 0.15) is 34.1 Å². The molecule has 3 atom stereocenters. The van der Waals surface area contributed by atoms with Gasteiger partial charge in [-0.05, 0) is 36.0 Å². The van der Waals surface area contributed by atoms with E-state index in [0.29, 0.717) is 0 Å². The van der Waals surface area contributed by atoms with Gasteiger partial charge in [0.1, 0.15) is 0 Å². The van der Waals surface area contributed by atoms with Gasteiger partial charge in [-0.3, -0.25) is 0 Å². The number of rotatable bonds is 3. The van der Waals surface area contributed by atoms with E-state index in [1.807, 2.05) is 0 Å². The molecule has 3 heteroatoms. The molecule has 1 N–H and O–H groups in total. The molecule has 18 heavy (non-hydrogen) atoms. The Hall–Kier alpha value is -0.383. The van der Waals surface area contributed by atoms with Gasteiger partial charge in [-0.25, -0.2) is 0 Å². The van der Waals surface area contributed by atoms with Crippen molar-refractivity contribution in [1.29, 1.82) is 0 Å². The van der Waals surface area contributed by atoms with E-state index in [-0.39, 0.29) is 23.2 Å². The minimum atomic E-state index is -1.75. The minimum absolute atomic E-state index is 0.122. The van der Waals surface area contributed by atoms with Crippen molar-refractivity contribution < 1.29 is 9.53 Å². The van der Waals surface area contributed by atoms with Crippen LogP contribution < -0.4 is 0 Å². The van der Waals surface area contributed by atoms with Gasteiger partial charge in [0, 0.05) is 0 Å². The van der Waals surface area contributed by atoms with Crippen LogP contribution in [0, 0.1) is 5.92 Å². The topological polar surface area (TPSA) is 29.5 Å². The summed E-state index contributed by atoms with van der Waals surface area (Å²) in [6.07, 6.45) is 4.44. The smallest absolute Gasteiger partial charge is 0.192 e. The third-order valence-corrected chi connectivity index (χ3v) is 8.86. The number of aliphatic hydroxyl groups excluding tert-OH is 1. The third-order valence-electron chi connectivity index (χ3n) is 4.35. The molecule has 0 saturated heterocycles. The van der Waals surface area contributed by atoms with Crippen LogP contribution in [-0.2, 0) is 4.43 Å². The number of aliphatic hydroxyl groups is 1. The second-order valence-electron chi connectivity index (χ2n) is 6.95. The van der Waals surface area contributed by atoms with Crippen LogP contribution in [-0.4, -0.2) is 25.6 Å². The highest BCUT2D eigenvalue weighted by Gasteiger charge is 2.40. The Morgan fingerprint density at radius 2 is 2.00 bits per heavy atom. The molecule has 0 fully saturated rings. The summed E-state index contributed by atoms with van der Waals surface area (Å²) < 4.78 is 6.40. The Bertz CT molecular complexity index is 339. The monoisotopic (exact) mass is 268 g/mol. The summed E-state index contributed by atoms with van der Waals surface area (Å²) in [4.78, 5) is 0. The molecule has 1 aliphatic carbocycles. The number of hydrogen-bond acceptors (Lipinski definition) is 2. The fourth-order valence-electron chi connectivity index (χ4n) is 2.03. The summed E-state index contributed by atoms with van der Waals surface area (Å²) in [7, 11) is -1.75. The molecule has 0 radical (unpaired) electrons. The zero-order valence-electron chi connectivity index (χ0n) is 12.7. The average Bonchev–Trinajstić information content (AvgIpc) is 2.21. The second-order valence-corrected chi connectivity index (χ2v) is 11.7. The number of hydrogen-bond donors (Lipinski definition) is 1.